The van der Waals surface area contributed by atoms with E-state index in [-0.39, 0.29) is 23.8 Å². The van der Waals surface area contributed by atoms with Crippen molar-refractivity contribution in [3.8, 4) is 0 Å². The van der Waals surface area contributed by atoms with E-state index < -0.39 is 0 Å². The smallest absolute Gasteiger partial charge is 0.255 e. The number of nitrogens with zero attached hydrogens (tertiary/aromatic N) is 2. The predicted octanol–water partition coefficient (Wildman–Crippen LogP) is 5.90. The van der Waals surface area contributed by atoms with Crippen molar-refractivity contribution in [3.63, 3.8) is 0 Å². The Morgan fingerprint density at radius 3 is 2.53 bits per heavy atom. The fourth-order valence-electron chi connectivity index (χ4n) is 4.01. The van der Waals surface area contributed by atoms with Gasteiger partial charge in [0.1, 0.15) is 5.82 Å². The van der Waals surface area contributed by atoms with Crippen molar-refractivity contribution in [2.75, 3.05) is 5.32 Å². The van der Waals surface area contributed by atoms with Crippen molar-refractivity contribution in [2.45, 2.75) is 13.0 Å². The van der Waals surface area contributed by atoms with E-state index in [2.05, 4.69) is 31.7 Å². The number of imidazole rings is 1. The van der Waals surface area contributed by atoms with Crippen molar-refractivity contribution >= 4 is 57.3 Å². The van der Waals surface area contributed by atoms with Crippen LogP contribution in [0.4, 0.5) is 5.69 Å². The average Bonchev–Trinajstić information content (AvgIpc) is 3.28. The molecule has 180 valence electrons. The lowest BCUT2D eigenvalue weighted by Crippen LogP contribution is -2.38. The number of hydrogen-bond acceptors (Lipinski definition) is 4. The summed E-state index contributed by atoms with van der Waals surface area (Å²) in [5.41, 5.74) is 3.97. The van der Waals surface area contributed by atoms with E-state index >= 15 is 0 Å². The van der Waals surface area contributed by atoms with Gasteiger partial charge < -0.3 is 15.6 Å². The van der Waals surface area contributed by atoms with Crippen LogP contribution in [0.5, 0.6) is 0 Å². The molecule has 0 radical (unpaired) electrons. The van der Waals surface area contributed by atoms with Gasteiger partial charge in [0.25, 0.3) is 11.8 Å². The van der Waals surface area contributed by atoms with E-state index in [1.165, 1.54) is 0 Å². The Morgan fingerprint density at radius 1 is 1.00 bits per heavy atom. The van der Waals surface area contributed by atoms with E-state index in [0.29, 0.717) is 32.7 Å². The lowest BCUT2D eigenvalue weighted by Gasteiger charge is -2.23. The number of amides is 2. The summed E-state index contributed by atoms with van der Waals surface area (Å²) >= 11 is 12.0. The number of nitrogens with one attached hydrogen (secondary N) is 3. The van der Waals surface area contributed by atoms with Gasteiger partial charge >= 0.3 is 0 Å². The van der Waals surface area contributed by atoms with E-state index in [4.69, 9.17) is 23.2 Å². The van der Waals surface area contributed by atoms with Gasteiger partial charge in [0.15, 0.2) is 0 Å². The summed E-state index contributed by atoms with van der Waals surface area (Å²) in [4.78, 5) is 37.1. The highest BCUT2D eigenvalue weighted by molar-refractivity contribution is 6.35. The molecule has 2 unspecified atom stereocenters. The van der Waals surface area contributed by atoms with E-state index in [1.807, 2.05) is 31.2 Å². The molecule has 0 bridgehead atoms. The molecular weight excluding hydrogens is 497 g/mol. The Balaban J connectivity index is 1.30. The Kier molecular flexibility index (Phi) is 6.59. The third kappa shape index (κ3) is 5.17. The maximum atomic E-state index is 12.6. The minimum atomic E-state index is -0.315. The van der Waals surface area contributed by atoms with E-state index in [9.17, 15) is 9.59 Å². The number of aromatic nitrogens is 3. The Hall–Kier alpha value is -3.94. The Morgan fingerprint density at radius 2 is 1.81 bits per heavy atom. The van der Waals surface area contributed by atoms with E-state index in [0.717, 1.165) is 16.6 Å². The van der Waals surface area contributed by atoms with Gasteiger partial charge in [-0.05, 0) is 54.4 Å². The fourth-order valence-corrected chi connectivity index (χ4v) is 4.53. The van der Waals surface area contributed by atoms with Crippen LogP contribution >= 0.6 is 23.2 Å². The minimum Gasteiger partial charge on any atom is -0.345 e. The lowest BCUT2D eigenvalue weighted by molar-refractivity contribution is 0.0937. The molecule has 0 saturated carbocycles. The second-order valence-corrected chi connectivity index (χ2v) is 9.38. The largest absolute Gasteiger partial charge is 0.345 e. The molecule has 7 nitrogen and oxygen atoms in total. The molecular formula is C27H21Cl2N5O2. The first-order valence-corrected chi connectivity index (χ1v) is 12.0. The van der Waals surface area contributed by atoms with Crippen LogP contribution in [0.3, 0.4) is 0 Å². The van der Waals surface area contributed by atoms with Gasteiger partial charge in [-0.3, -0.25) is 14.6 Å². The zero-order chi connectivity index (χ0) is 25.2. The van der Waals surface area contributed by atoms with Crippen molar-refractivity contribution in [2.24, 2.45) is 5.92 Å². The molecule has 1 aliphatic carbocycles. The summed E-state index contributed by atoms with van der Waals surface area (Å²) in [6, 6.07) is 13.5. The lowest BCUT2D eigenvalue weighted by atomic mass is 9.92. The molecule has 2 aromatic heterocycles. The SMILES string of the molecule is CC1C=C(c2nc3ccc(NC(=O)c4cc(Cl)cc(Cl)c4)cc3[nH]2)C=CC1NC(=O)c1cccnc1. The number of halogens is 2. The monoisotopic (exact) mass is 517 g/mol. The van der Waals surface area contributed by atoms with Crippen LogP contribution in [0.2, 0.25) is 10.0 Å². The highest BCUT2D eigenvalue weighted by Crippen LogP contribution is 2.27. The third-order valence-corrected chi connectivity index (χ3v) is 6.29. The number of benzene rings is 2. The molecule has 9 heteroatoms. The molecule has 2 aromatic carbocycles. The maximum Gasteiger partial charge on any atom is 0.255 e. The van der Waals surface area contributed by atoms with Crippen LogP contribution in [0.25, 0.3) is 16.6 Å². The number of carbonyl (C=O) groups is 2. The number of H-pyrrole nitrogens is 1. The standard InChI is InChI=1S/C27H21Cl2N5O2/c1-15-9-16(4-6-22(15)34-26(35)17-3-2-8-30-14-17)25-32-23-7-5-21(13-24(23)33-25)31-27(36)18-10-19(28)12-20(29)11-18/h2-15,22H,1H3,(H,31,36)(H,32,33)(H,34,35). The molecule has 2 heterocycles. The molecule has 0 fully saturated rings. The van der Waals surface area contributed by atoms with Crippen molar-refractivity contribution in [1.82, 2.24) is 20.3 Å². The molecule has 1 aliphatic rings. The molecule has 2 amide bonds. The van der Waals surface area contributed by atoms with Gasteiger partial charge in [0.05, 0.1) is 22.6 Å². The topological polar surface area (TPSA) is 99.8 Å². The Labute approximate surface area is 217 Å². The number of rotatable bonds is 5. The number of hydrogen-bond donors (Lipinski definition) is 3. The van der Waals surface area contributed by atoms with Crippen LogP contribution in [-0.2, 0) is 0 Å². The van der Waals surface area contributed by atoms with Crippen molar-refractivity contribution in [1.29, 1.82) is 0 Å². The number of anilines is 1. The van der Waals surface area contributed by atoms with E-state index in [1.54, 1.807) is 48.8 Å². The van der Waals surface area contributed by atoms with Gasteiger partial charge in [-0.1, -0.05) is 48.4 Å². The molecule has 0 spiro atoms. The highest BCUT2D eigenvalue weighted by Gasteiger charge is 2.21. The Bertz CT molecular complexity index is 1510. The first-order chi connectivity index (χ1) is 17.4. The third-order valence-electron chi connectivity index (χ3n) is 5.85. The fraction of sp³-hybridized carbons (Fsp3) is 0.111. The molecule has 3 N–H and O–H groups in total. The number of carbonyl (C=O) groups excluding carboxylic acids is 2. The normalized spacial score (nSPS) is 17.0. The first kappa shape index (κ1) is 23.8. The van der Waals surface area contributed by atoms with Crippen LogP contribution in [0.15, 0.2) is 79.2 Å². The number of aromatic amines is 1. The van der Waals surface area contributed by atoms with Gasteiger partial charge in [0.2, 0.25) is 0 Å². The van der Waals surface area contributed by atoms with Crippen LogP contribution in [0.1, 0.15) is 33.5 Å². The van der Waals surface area contributed by atoms with Gasteiger partial charge in [-0.2, -0.15) is 0 Å². The van der Waals surface area contributed by atoms with Crippen LogP contribution in [0, 0.1) is 5.92 Å². The van der Waals surface area contributed by atoms with Crippen LogP contribution < -0.4 is 10.6 Å². The zero-order valence-corrected chi connectivity index (χ0v) is 20.6. The molecule has 2 atom stereocenters. The number of pyridine rings is 1. The number of fused-ring (bicyclic) bond motifs is 1. The summed E-state index contributed by atoms with van der Waals surface area (Å²) in [6.07, 6.45) is 9.15. The van der Waals surface area contributed by atoms with Gasteiger partial charge in [-0.25, -0.2) is 4.98 Å². The van der Waals surface area contributed by atoms with Crippen molar-refractivity contribution in [3.05, 3.63) is 106 Å². The van der Waals surface area contributed by atoms with Crippen molar-refractivity contribution < 1.29 is 9.59 Å². The zero-order valence-electron chi connectivity index (χ0n) is 19.1. The molecule has 4 aromatic rings. The average molecular weight is 518 g/mol. The van der Waals surface area contributed by atoms with Crippen LogP contribution in [-0.4, -0.2) is 32.8 Å². The predicted molar refractivity (Wildman–Crippen MR) is 142 cm³/mol. The molecule has 0 saturated heterocycles. The molecule has 36 heavy (non-hydrogen) atoms. The second kappa shape index (κ2) is 9.97. The number of allylic oxidation sites excluding steroid dienone is 2. The summed E-state index contributed by atoms with van der Waals surface area (Å²) in [5.74, 6) is 0.276. The molecule has 5 rings (SSSR count). The quantitative estimate of drug-likeness (QED) is 0.306. The summed E-state index contributed by atoms with van der Waals surface area (Å²) in [5, 5.41) is 6.68. The second-order valence-electron chi connectivity index (χ2n) is 8.51. The maximum absolute atomic E-state index is 12.6. The van der Waals surface area contributed by atoms with Gasteiger partial charge in [0, 0.05) is 39.3 Å². The summed E-state index contributed by atoms with van der Waals surface area (Å²) in [7, 11) is 0. The minimum absolute atomic E-state index is 0.0539. The van der Waals surface area contributed by atoms with Gasteiger partial charge in [-0.15, -0.1) is 0 Å². The summed E-state index contributed by atoms with van der Waals surface area (Å²) < 4.78 is 0. The summed E-state index contributed by atoms with van der Waals surface area (Å²) in [6.45, 7) is 2.04. The molecule has 0 aliphatic heterocycles. The first-order valence-electron chi connectivity index (χ1n) is 11.2. The highest BCUT2D eigenvalue weighted by atomic mass is 35.5.